The Morgan fingerprint density at radius 3 is 2.86 bits per heavy atom. The summed E-state index contributed by atoms with van der Waals surface area (Å²) in [7, 11) is 0. The van der Waals surface area contributed by atoms with Gasteiger partial charge in [0.25, 0.3) is 0 Å². The summed E-state index contributed by atoms with van der Waals surface area (Å²) in [5.41, 5.74) is 0. The first kappa shape index (κ1) is 20.7. The van der Waals surface area contributed by atoms with E-state index in [0.29, 0.717) is 36.5 Å². The number of benzene rings is 1. The first-order valence-corrected chi connectivity index (χ1v) is 10.2. The van der Waals surface area contributed by atoms with Crippen LogP contribution in [0.2, 0.25) is 0 Å². The maximum Gasteiger partial charge on any atom is 0.341 e. The molecular formula is C21H30O7. The summed E-state index contributed by atoms with van der Waals surface area (Å²) in [6.45, 7) is 1.67. The van der Waals surface area contributed by atoms with Crippen molar-refractivity contribution in [2.24, 2.45) is 5.92 Å². The molecule has 7 heteroatoms. The topological polar surface area (TPSA) is 105 Å². The van der Waals surface area contributed by atoms with Crippen LogP contribution < -0.4 is 14.2 Å². The summed E-state index contributed by atoms with van der Waals surface area (Å²) in [6, 6.07) is 5.11. The molecule has 3 N–H and O–H groups in total. The summed E-state index contributed by atoms with van der Waals surface area (Å²) in [5, 5.41) is 29.5. The summed E-state index contributed by atoms with van der Waals surface area (Å²) in [5.74, 6) is 0.0236. The lowest BCUT2D eigenvalue weighted by Crippen LogP contribution is -2.40. The Kier molecular flexibility index (Phi) is 7.02. The monoisotopic (exact) mass is 394 g/mol. The molecule has 5 atom stereocenters. The van der Waals surface area contributed by atoms with E-state index >= 15 is 0 Å². The number of carbonyl (C=O) groups is 1. The zero-order valence-electron chi connectivity index (χ0n) is 16.3. The Balaban J connectivity index is 1.62. The van der Waals surface area contributed by atoms with Crippen LogP contribution in [0.4, 0.5) is 0 Å². The minimum absolute atomic E-state index is 0.109. The van der Waals surface area contributed by atoms with Crippen molar-refractivity contribution in [3.8, 4) is 17.2 Å². The van der Waals surface area contributed by atoms with Gasteiger partial charge in [0.15, 0.2) is 18.1 Å². The lowest BCUT2D eigenvalue weighted by molar-refractivity contribution is -0.139. The average Bonchev–Trinajstić information content (AvgIpc) is 2.97. The largest absolute Gasteiger partial charge is 0.482 e. The van der Waals surface area contributed by atoms with Gasteiger partial charge in [-0.15, -0.1) is 0 Å². The molecule has 1 aromatic carbocycles. The molecule has 0 spiro atoms. The predicted molar refractivity (Wildman–Crippen MR) is 102 cm³/mol. The maximum absolute atomic E-state index is 10.8. The second-order valence-electron chi connectivity index (χ2n) is 7.70. The van der Waals surface area contributed by atoms with Crippen LogP contribution in [0, 0.1) is 5.92 Å². The number of aliphatic carboxylic acids is 1. The molecule has 1 fully saturated rings. The van der Waals surface area contributed by atoms with Crippen molar-refractivity contribution < 1.29 is 34.3 Å². The van der Waals surface area contributed by atoms with E-state index in [0.717, 1.165) is 25.7 Å². The number of para-hydroxylation sites is 1. The highest BCUT2D eigenvalue weighted by atomic mass is 16.6. The summed E-state index contributed by atoms with van der Waals surface area (Å²) < 4.78 is 17.5. The number of aliphatic hydroxyl groups excluding tert-OH is 2. The molecule has 1 aliphatic heterocycles. The Labute approximate surface area is 165 Å². The van der Waals surface area contributed by atoms with Gasteiger partial charge in [-0.05, 0) is 31.4 Å². The zero-order chi connectivity index (χ0) is 20.1. The minimum atomic E-state index is -1.07. The van der Waals surface area contributed by atoms with Crippen LogP contribution in [0.15, 0.2) is 18.2 Å². The standard InChI is InChI=1S/C21H30O7/c1-2-3-4-6-13(22)9-10-14-15(23)11-18-20(14)27-17-8-5-7-16(21(17)28-18)26-12-19(24)25/h5,7-8,13-15,18,20,22-23H,2-4,6,9-12H2,1H3,(H,24,25). The van der Waals surface area contributed by atoms with E-state index in [1.807, 2.05) is 0 Å². The minimum Gasteiger partial charge on any atom is -0.482 e. The highest BCUT2D eigenvalue weighted by Gasteiger charge is 2.48. The lowest BCUT2D eigenvalue weighted by Gasteiger charge is -2.33. The molecule has 0 saturated heterocycles. The molecule has 1 aliphatic carbocycles. The molecule has 2 aliphatic rings. The number of carboxylic acid groups (broad SMARTS) is 1. The average molecular weight is 394 g/mol. The van der Waals surface area contributed by atoms with Crippen molar-refractivity contribution in [1.29, 1.82) is 0 Å². The van der Waals surface area contributed by atoms with Crippen LogP contribution in [0.3, 0.4) is 0 Å². The van der Waals surface area contributed by atoms with Gasteiger partial charge in [-0.3, -0.25) is 0 Å². The molecule has 0 amide bonds. The number of rotatable bonds is 10. The van der Waals surface area contributed by atoms with Gasteiger partial charge < -0.3 is 29.5 Å². The molecule has 28 heavy (non-hydrogen) atoms. The quantitative estimate of drug-likeness (QED) is 0.524. The molecule has 1 aromatic rings. The summed E-state index contributed by atoms with van der Waals surface area (Å²) >= 11 is 0. The van der Waals surface area contributed by atoms with Crippen LogP contribution >= 0.6 is 0 Å². The van der Waals surface area contributed by atoms with Gasteiger partial charge >= 0.3 is 5.97 Å². The van der Waals surface area contributed by atoms with E-state index in [1.165, 1.54) is 0 Å². The summed E-state index contributed by atoms with van der Waals surface area (Å²) in [6.07, 6.45) is 4.26. The lowest BCUT2D eigenvalue weighted by atomic mass is 9.93. The van der Waals surface area contributed by atoms with Gasteiger partial charge in [0.05, 0.1) is 12.2 Å². The van der Waals surface area contributed by atoms with Gasteiger partial charge in [-0.2, -0.15) is 0 Å². The molecule has 0 bridgehead atoms. The van der Waals surface area contributed by atoms with Crippen LogP contribution in [0.1, 0.15) is 51.9 Å². The van der Waals surface area contributed by atoms with E-state index in [9.17, 15) is 15.0 Å². The van der Waals surface area contributed by atoms with Gasteiger partial charge in [0.1, 0.15) is 12.2 Å². The SMILES string of the molecule is CCCCCC(O)CCC1C(O)CC2Oc3c(OCC(=O)O)cccc3OC21. The Morgan fingerprint density at radius 1 is 1.29 bits per heavy atom. The van der Waals surface area contributed by atoms with Crippen molar-refractivity contribution in [3.63, 3.8) is 0 Å². The Bertz CT molecular complexity index is 662. The molecule has 3 rings (SSSR count). The maximum atomic E-state index is 10.8. The van der Waals surface area contributed by atoms with Crippen LogP contribution in [-0.2, 0) is 4.79 Å². The third-order valence-electron chi connectivity index (χ3n) is 5.56. The van der Waals surface area contributed by atoms with E-state index in [2.05, 4.69) is 6.92 Å². The predicted octanol–water partition coefficient (Wildman–Crippen LogP) is 2.76. The van der Waals surface area contributed by atoms with Crippen LogP contribution in [-0.4, -0.2) is 52.3 Å². The second-order valence-corrected chi connectivity index (χ2v) is 7.70. The highest BCUT2D eigenvalue weighted by molar-refractivity contribution is 5.68. The van der Waals surface area contributed by atoms with E-state index in [4.69, 9.17) is 19.3 Å². The second kappa shape index (κ2) is 9.47. The molecule has 1 saturated carbocycles. The van der Waals surface area contributed by atoms with E-state index in [1.54, 1.807) is 18.2 Å². The highest BCUT2D eigenvalue weighted by Crippen LogP contribution is 2.47. The van der Waals surface area contributed by atoms with E-state index < -0.39 is 18.7 Å². The molecular weight excluding hydrogens is 364 g/mol. The van der Waals surface area contributed by atoms with Gasteiger partial charge in [-0.25, -0.2) is 4.79 Å². The normalized spacial score (nSPS) is 26.5. The molecule has 156 valence electrons. The zero-order valence-corrected chi connectivity index (χ0v) is 16.3. The molecule has 5 unspecified atom stereocenters. The number of carboxylic acids is 1. The number of unbranched alkanes of at least 4 members (excludes halogenated alkanes) is 2. The summed E-state index contributed by atoms with van der Waals surface area (Å²) in [4.78, 5) is 10.8. The van der Waals surface area contributed by atoms with Crippen molar-refractivity contribution >= 4 is 5.97 Å². The molecule has 7 nitrogen and oxygen atoms in total. The van der Waals surface area contributed by atoms with Crippen LogP contribution in [0.5, 0.6) is 17.2 Å². The Morgan fingerprint density at radius 2 is 2.11 bits per heavy atom. The molecule has 1 heterocycles. The van der Waals surface area contributed by atoms with Gasteiger partial charge in [-0.1, -0.05) is 32.3 Å². The van der Waals surface area contributed by atoms with Gasteiger partial charge in [0.2, 0.25) is 5.75 Å². The molecule has 0 aromatic heterocycles. The van der Waals surface area contributed by atoms with Crippen molar-refractivity contribution in [2.45, 2.75) is 76.3 Å². The van der Waals surface area contributed by atoms with Crippen molar-refractivity contribution in [1.82, 2.24) is 0 Å². The third kappa shape index (κ3) is 4.89. The molecule has 0 radical (unpaired) electrons. The number of fused-ring (bicyclic) bond motifs is 2. The van der Waals surface area contributed by atoms with Crippen molar-refractivity contribution in [3.05, 3.63) is 18.2 Å². The number of ether oxygens (including phenoxy) is 3. The van der Waals surface area contributed by atoms with Crippen LogP contribution in [0.25, 0.3) is 0 Å². The van der Waals surface area contributed by atoms with Crippen molar-refractivity contribution in [2.75, 3.05) is 6.61 Å². The fraction of sp³-hybridized carbons (Fsp3) is 0.667. The number of aliphatic hydroxyl groups is 2. The number of hydrogen-bond donors (Lipinski definition) is 3. The third-order valence-corrected chi connectivity index (χ3v) is 5.56. The Hall–Kier alpha value is -1.99. The number of hydrogen-bond acceptors (Lipinski definition) is 6. The van der Waals surface area contributed by atoms with Gasteiger partial charge in [0, 0.05) is 12.3 Å². The van der Waals surface area contributed by atoms with E-state index in [-0.39, 0.29) is 24.2 Å². The first-order valence-electron chi connectivity index (χ1n) is 10.2. The fourth-order valence-electron chi connectivity index (χ4n) is 4.09. The smallest absolute Gasteiger partial charge is 0.341 e. The fourth-order valence-corrected chi connectivity index (χ4v) is 4.09. The first-order chi connectivity index (χ1) is 13.5.